The molecule has 5 heteroatoms. The number of nitrogens with zero attached hydrogens (tertiary/aromatic N) is 1. The number of halogens is 1. The van der Waals surface area contributed by atoms with Crippen molar-refractivity contribution in [3.05, 3.63) is 34.1 Å². The van der Waals surface area contributed by atoms with Crippen LogP contribution in [-0.4, -0.2) is 11.0 Å². The summed E-state index contributed by atoms with van der Waals surface area (Å²) >= 11 is 0. The van der Waals surface area contributed by atoms with E-state index in [9.17, 15) is 14.5 Å². The van der Waals surface area contributed by atoms with Crippen LogP contribution in [0.3, 0.4) is 0 Å². The maximum absolute atomic E-state index is 13.3. The van der Waals surface area contributed by atoms with Crippen LogP contribution in [0.15, 0.2) is 18.2 Å². The number of hydrogen-bond donors (Lipinski definition) is 1. The molecule has 0 radical (unpaired) electrons. The number of rotatable bonds is 5. The van der Waals surface area contributed by atoms with Gasteiger partial charge in [0.1, 0.15) is 11.5 Å². The molecule has 0 bridgehead atoms. The standard InChI is InChI=1S/C16H23FN2O2/c1-2-4-12-5-3-6-14(9-7-12)18-15-11-13(17)8-10-16(15)19(20)21/h8,10-12,14,18H,2-7,9H2,1H3. The Morgan fingerprint density at radius 3 is 2.86 bits per heavy atom. The highest BCUT2D eigenvalue weighted by Gasteiger charge is 2.21. The molecule has 1 N–H and O–H groups in total. The average Bonchev–Trinajstić information content (AvgIpc) is 2.65. The van der Waals surface area contributed by atoms with Gasteiger partial charge in [0.15, 0.2) is 0 Å². The topological polar surface area (TPSA) is 55.2 Å². The van der Waals surface area contributed by atoms with E-state index < -0.39 is 10.7 Å². The third-order valence-electron chi connectivity index (χ3n) is 4.30. The Balaban J connectivity index is 2.04. The fraction of sp³-hybridized carbons (Fsp3) is 0.625. The van der Waals surface area contributed by atoms with Gasteiger partial charge in [0.2, 0.25) is 0 Å². The summed E-state index contributed by atoms with van der Waals surface area (Å²) < 4.78 is 13.3. The summed E-state index contributed by atoms with van der Waals surface area (Å²) in [5.74, 6) is 0.324. The van der Waals surface area contributed by atoms with Crippen molar-refractivity contribution in [3.63, 3.8) is 0 Å². The molecular formula is C16H23FN2O2. The van der Waals surface area contributed by atoms with Gasteiger partial charge in [-0.3, -0.25) is 10.1 Å². The van der Waals surface area contributed by atoms with Crippen molar-refractivity contribution in [3.8, 4) is 0 Å². The molecule has 1 aromatic carbocycles. The molecule has 1 aliphatic rings. The van der Waals surface area contributed by atoms with Gasteiger partial charge in [0.05, 0.1) is 4.92 Å². The van der Waals surface area contributed by atoms with Crippen molar-refractivity contribution in [1.82, 2.24) is 0 Å². The van der Waals surface area contributed by atoms with Crippen molar-refractivity contribution in [2.45, 2.75) is 57.9 Å². The molecule has 116 valence electrons. The number of nitro groups is 1. The van der Waals surface area contributed by atoms with Gasteiger partial charge in [-0.1, -0.05) is 32.6 Å². The molecule has 4 nitrogen and oxygen atoms in total. The van der Waals surface area contributed by atoms with Gasteiger partial charge in [-0.25, -0.2) is 4.39 Å². The van der Waals surface area contributed by atoms with Gasteiger partial charge in [0.25, 0.3) is 5.69 Å². The SMILES string of the molecule is CCCC1CCCC(Nc2cc(F)ccc2[N+](=O)[O-])CC1. The Hall–Kier alpha value is -1.65. The van der Waals surface area contributed by atoms with Crippen LogP contribution in [0.25, 0.3) is 0 Å². The summed E-state index contributed by atoms with van der Waals surface area (Å²) in [6.07, 6.45) is 7.97. The zero-order valence-electron chi connectivity index (χ0n) is 12.5. The first kappa shape index (κ1) is 15.7. The second-order valence-electron chi connectivity index (χ2n) is 5.92. The number of nitrogens with one attached hydrogen (secondary N) is 1. The molecule has 2 unspecified atom stereocenters. The summed E-state index contributed by atoms with van der Waals surface area (Å²) in [5, 5.41) is 14.2. The van der Waals surface area contributed by atoms with E-state index in [2.05, 4.69) is 12.2 Å². The third kappa shape index (κ3) is 4.41. The molecule has 2 rings (SSSR count). The van der Waals surface area contributed by atoms with Crippen LogP contribution < -0.4 is 5.32 Å². The molecule has 1 fully saturated rings. The Bertz CT molecular complexity index is 493. The Labute approximate surface area is 124 Å². The molecule has 0 aromatic heterocycles. The van der Waals surface area contributed by atoms with Gasteiger partial charge < -0.3 is 5.32 Å². The normalized spacial score (nSPS) is 22.6. The first-order chi connectivity index (χ1) is 10.1. The second kappa shape index (κ2) is 7.38. The highest BCUT2D eigenvalue weighted by atomic mass is 19.1. The Morgan fingerprint density at radius 2 is 2.14 bits per heavy atom. The van der Waals surface area contributed by atoms with Gasteiger partial charge >= 0.3 is 0 Å². The smallest absolute Gasteiger partial charge is 0.292 e. The van der Waals surface area contributed by atoms with Gasteiger partial charge in [-0.2, -0.15) is 0 Å². The van der Waals surface area contributed by atoms with Gasteiger partial charge in [0, 0.05) is 18.2 Å². The Morgan fingerprint density at radius 1 is 1.33 bits per heavy atom. The first-order valence-corrected chi connectivity index (χ1v) is 7.80. The van der Waals surface area contributed by atoms with Gasteiger partial charge in [-0.05, 0) is 31.2 Å². The Kier molecular flexibility index (Phi) is 5.53. The van der Waals surface area contributed by atoms with Gasteiger partial charge in [-0.15, -0.1) is 0 Å². The number of benzene rings is 1. The number of anilines is 1. The van der Waals surface area contributed by atoms with E-state index in [0.29, 0.717) is 5.69 Å². The van der Waals surface area contributed by atoms with Crippen LogP contribution in [-0.2, 0) is 0 Å². The quantitative estimate of drug-likeness (QED) is 0.477. The highest BCUT2D eigenvalue weighted by molar-refractivity contribution is 5.61. The predicted octanol–water partition coefficient (Wildman–Crippen LogP) is 4.89. The van der Waals surface area contributed by atoms with Crippen molar-refractivity contribution in [2.75, 3.05) is 5.32 Å². The largest absolute Gasteiger partial charge is 0.377 e. The molecule has 0 aliphatic heterocycles. The average molecular weight is 294 g/mol. The van der Waals surface area contributed by atoms with E-state index in [4.69, 9.17) is 0 Å². The van der Waals surface area contributed by atoms with E-state index in [1.54, 1.807) is 0 Å². The summed E-state index contributed by atoms with van der Waals surface area (Å²) in [5.41, 5.74) is 0.254. The zero-order chi connectivity index (χ0) is 15.2. The molecule has 0 heterocycles. The minimum atomic E-state index is -0.460. The molecule has 21 heavy (non-hydrogen) atoms. The van der Waals surface area contributed by atoms with Crippen LogP contribution in [0, 0.1) is 21.8 Å². The minimum Gasteiger partial charge on any atom is -0.377 e. The van der Waals surface area contributed by atoms with Crippen molar-refractivity contribution in [2.24, 2.45) is 5.92 Å². The van der Waals surface area contributed by atoms with Crippen LogP contribution in [0.4, 0.5) is 15.8 Å². The molecule has 0 amide bonds. The fourth-order valence-electron chi connectivity index (χ4n) is 3.22. The molecule has 1 aliphatic carbocycles. The monoisotopic (exact) mass is 294 g/mol. The zero-order valence-corrected chi connectivity index (χ0v) is 12.5. The maximum Gasteiger partial charge on any atom is 0.292 e. The van der Waals surface area contributed by atoms with Crippen molar-refractivity contribution in [1.29, 1.82) is 0 Å². The third-order valence-corrected chi connectivity index (χ3v) is 4.30. The van der Waals surface area contributed by atoms with E-state index in [1.165, 1.54) is 31.4 Å². The lowest BCUT2D eigenvalue weighted by Crippen LogP contribution is -2.19. The summed E-state index contributed by atoms with van der Waals surface area (Å²) in [7, 11) is 0. The maximum atomic E-state index is 13.3. The van der Waals surface area contributed by atoms with Crippen LogP contribution in [0.5, 0.6) is 0 Å². The highest BCUT2D eigenvalue weighted by Crippen LogP contribution is 2.31. The molecule has 2 atom stereocenters. The molecule has 0 spiro atoms. The van der Waals surface area contributed by atoms with E-state index >= 15 is 0 Å². The van der Waals surface area contributed by atoms with Crippen molar-refractivity contribution < 1.29 is 9.31 Å². The molecule has 1 saturated carbocycles. The van der Waals surface area contributed by atoms with E-state index in [1.807, 2.05) is 0 Å². The van der Waals surface area contributed by atoms with Crippen molar-refractivity contribution >= 4 is 11.4 Å². The first-order valence-electron chi connectivity index (χ1n) is 7.80. The van der Waals surface area contributed by atoms with E-state index in [0.717, 1.165) is 37.7 Å². The molecule has 1 aromatic rings. The van der Waals surface area contributed by atoms with E-state index in [-0.39, 0.29) is 11.7 Å². The van der Waals surface area contributed by atoms with Crippen LogP contribution in [0.2, 0.25) is 0 Å². The summed E-state index contributed by atoms with van der Waals surface area (Å²) in [6.45, 7) is 2.21. The second-order valence-corrected chi connectivity index (χ2v) is 5.92. The number of nitro benzene ring substituents is 1. The molecule has 0 saturated heterocycles. The van der Waals surface area contributed by atoms with Crippen LogP contribution >= 0.6 is 0 Å². The number of hydrogen-bond acceptors (Lipinski definition) is 3. The minimum absolute atomic E-state index is 0.0502. The molecular weight excluding hydrogens is 271 g/mol. The summed E-state index contributed by atoms with van der Waals surface area (Å²) in [4.78, 5) is 10.6. The lowest BCUT2D eigenvalue weighted by atomic mass is 9.95. The van der Waals surface area contributed by atoms with Crippen LogP contribution in [0.1, 0.15) is 51.9 Å². The lowest BCUT2D eigenvalue weighted by Gasteiger charge is -2.18. The lowest BCUT2D eigenvalue weighted by molar-refractivity contribution is -0.384. The fourth-order valence-corrected chi connectivity index (χ4v) is 3.22. The predicted molar refractivity (Wildman–Crippen MR) is 81.9 cm³/mol. The summed E-state index contributed by atoms with van der Waals surface area (Å²) in [6, 6.07) is 3.79.